The highest BCUT2D eigenvalue weighted by Crippen LogP contribution is 2.20. The van der Waals surface area contributed by atoms with Crippen LogP contribution < -0.4 is 5.73 Å². The van der Waals surface area contributed by atoms with Crippen molar-refractivity contribution in [3.63, 3.8) is 0 Å². The number of aryl methyl sites for hydroxylation is 1. The minimum atomic E-state index is 0.510. The molecule has 0 aliphatic rings. The molecule has 0 fully saturated rings. The van der Waals surface area contributed by atoms with Gasteiger partial charge < -0.3 is 10.3 Å². The maximum absolute atomic E-state index is 5.82. The van der Waals surface area contributed by atoms with Gasteiger partial charge in [0.1, 0.15) is 11.0 Å². The quantitative estimate of drug-likeness (QED) is 0.845. The van der Waals surface area contributed by atoms with Crippen LogP contribution >= 0.6 is 11.6 Å². The SMILES string of the molecule is Cn1cc(Cl)nc1-c1ccc(CN)cc1. The number of aromatic nitrogens is 2. The molecule has 4 heteroatoms. The largest absolute Gasteiger partial charge is 0.332 e. The summed E-state index contributed by atoms with van der Waals surface area (Å²) in [5, 5.41) is 0.510. The molecule has 0 unspecified atom stereocenters. The van der Waals surface area contributed by atoms with Crippen LogP contribution in [0.4, 0.5) is 0 Å². The van der Waals surface area contributed by atoms with E-state index in [9.17, 15) is 0 Å². The summed E-state index contributed by atoms with van der Waals surface area (Å²) in [7, 11) is 1.92. The number of rotatable bonds is 2. The van der Waals surface area contributed by atoms with E-state index in [2.05, 4.69) is 4.98 Å². The van der Waals surface area contributed by atoms with Crippen LogP contribution in [0.1, 0.15) is 5.56 Å². The van der Waals surface area contributed by atoms with Crippen LogP contribution in [-0.2, 0) is 13.6 Å². The van der Waals surface area contributed by atoms with E-state index >= 15 is 0 Å². The molecule has 0 saturated heterocycles. The van der Waals surface area contributed by atoms with Crippen LogP contribution in [0.5, 0.6) is 0 Å². The third kappa shape index (κ3) is 2.03. The molecule has 1 aromatic carbocycles. The third-order valence-corrected chi connectivity index (χ3v) is 2.48. The Bertz CT molecular complexity index is 459. The average Bonchev–Trinajstić information content (AvgIpc) is 2.58. The molecular formula is C11H12ClN3. The molecular weight excluding hydrogens is 210 g/mol. The third-order valence-electron chi connectivity index (χ3n) is 2.29. The Hall–Kier alpha value is -1.32. The molecule has 0 atom stereocenters. The lowest BCUT2D eigenvalue weighted by atomic mass is 10.1. The maximum Gasteiger partial charge on any atom is 0.147 e. The fourth-order valence-electron chi connectivity index (χ4n) is 1.49. The molecule has 15 heavy (non-hydrogen) atoms. The molecule has 2 aromatic rings. The number of hydrogen-bond acceptors (Lipinski definition) is 2. The van der Waals surface area contributed by atoms with Crippen LogP contribution in [-0.4, -0.2) is 9.55 Å². The molecule has 3 nitrogen and oxygen atoms in total. The highest BCUT2D eigenvalue weighted by Gasteiger charge is 2.05. The molecule has 0 saturated carbocycles. The van der Waals surface area contributed by atoms with Crippen molar-refractivity contribution in [3.05, 3.63) is 41.2 Å². The van der Waals surface area contributed by atoms with E-state index in [0.29, 0.717) is 11.7 Å². The first-order valence-electron chi connectivity index (χ1n) is 4.69. The molecule has 0 bridgehead atoms. The first-order valence-corrected chi connectivity index (χ1v) is 5.07. The molecule has 0 aliphatic heterocycles. The Morgan fingerprint density at radius 3 is 2.47 bits per heavy atom. The maximum atomic E-state index is 5.82. The second-order valence-electron chi connectivity index (χ2n) is 3.40. The fraction of sp³-hybridized carbons (Fsp3) is 0.182. The lowest BCUT2D eigenvalue weighted by Gasteiger charge is -2.02. The van der Waals surface area contributed by atoms with Crippen molar-refractivity contribution in [1.29, 1.82) is 0 Å². The van der Waals surface area contributed by atoms with Gasteiger partial charge >= 0.3 is 0 Å². The van der Waals surface area contributed by atoms with Crippen LogP contribution in [0.2, 0.25) is 5.15 Å². The van der Waals surface area contributed by atoms with Gasteiger partial charge in [-0.05, 0) is 5.56 Å². The predicted molar refractivity (Wildman–Crippen MR) is 61.5 cm³/mol. The molecule has 2 rings (SSSR count). The van der Waals surface area contributed by atoms with E-state index in [1.807, 2.05) is 35.9 Å². The van der Waals surface area contributed by atoms with E-state index in [4.69, 9.17) is 17.3 Å². The molecule has 2 N–H and O–H groups in total. The molecule has 1 aromatic heterocycles. The zero-order valence-corrected chi connectivity index (χ0v) is 9.20. The van der Waals surface area contributed by atoms with E-state index in [1.165, 1.54) is 0 Å². The lowest BCUT2D eigenvalue weighted by Crippen LogP contribution is -1.96. The highest BCUT2D eigenvalue weighted by molar-refractivity contribution is 6.29. The standard InChI is InChI=1S/C11H12ClN3/c1-15-7-10(12)14-11(15)9-4-2-8(6-13)3-5-9/h2-5,7H,6,13H2,1H3. The van der Waals surface area contributed by atoms with Crippen molar-refractivity contribution in [3.8, 4) is 11.4 Å². The minimum absolute atomic E-state index is 0.510. The van der Waals surface area contributed by atoms with Crippen molar-refractivity contribution < 1.29 is 0 Å². The summed E-state index contributed by atoms with van der Waals surface area (Å²) in [6, 6.07) is 8.00. The van der Waals surface area contributed by atoms with Crippen LogP contribution in [0.3, 0.4) is 0 Å². The molecule has 0 spiro atoms. The van der Waals surface area contributed by atoms with Gasteiger partial charge in [0, 0.05) is 25.4 Å². The number of halogens is 1. The zero-order valence-electron chi connectivity index (χ0n) is 8.44. The first kappa shape index (κ1) is 10.2. The van der Waals surface area contributed by atoms with Gasteiger partial charge in [-0.3, -0.25) is 0 Å². The minimum Gasteiger partial charge on any atom is -0.332 e. The molecule has 0 aliphatic carbocycles. The van der Waals surface area contributed by atoms with E-state index in [0.717, 1.165) is 17.0 Å². The Balaban J connectivity index is 2.41. The van der Waals surface area contributed by atoms with Crippen LogP contribution in [0.25, 0.3) is 11.4 Å². The summed E-state index contributed by atoms with van der Waals surface area (Å²) >= 11 is 5.82. The second-order valence-corrected chi connectivity index (χ2v) is 3.79. The smallest absolute Gasteiger partial charge is 0.147 e. The molecule has 78 valence electrons. The van der Waals surface area contributed by atoms with Gasteiger partial charge in [-0.15, -0.1) is 0 Å². The van der Waals surface area contributed by atoms with E-state index in [1.54, 1.807) is 6.20 Å². The monoisotopic (exact) mass is 221 g/mol. The van der Waals surface area contributed by atoms with E-state index in [-0.39, 0.29) is 0 Å². The van der Waals surface area contributed by atoms with Crippen LogP contribution in [0.15, 0.2) is 30.5 Å². The first-order chi connectivity index (χ1) is 7.20. The number of nitrogens with two attached hydrogens (primary N) is 1. The lowest BCUT2D eigenvalue weighted by molar-refractivity contribution is 0.924. The average molecular weight is 222 g/mol. The fourth-order valence-corrected chi connectivity index (χ4v) is 1.71. The zero-order chi connectivity index (χ0) is 10.8. The van der Waals surface area contributed by atoms with Gasteiger partial charge in [0.15, 0.2) is 0 Å². The molecule has 0 amide bonds. The van der Waals surface area contributed by atoms with Gasteiger partial charge in [0.05, 0.1) is 0 Å². The Morgan fingerprint density at radius 1 is 1.33 bits per heavy atom. The Labute approximate surface area is 93.5 Å². The van der Waals surface area contributed by atoms with Crippen LogP contribution in [0, 0.1) is 0 Å². The van der Waals surface area contributed by atoms with Gasteiger partial charge in [-0.25, -0.2) is 4.98 Å². The summed E-state index contributed by atoms with van der Waals surface area (Å²) in [6.07, 6.45) is 1.79. The van der Waals surface area contributed by atoms with Gasteiger partial charge in [-0.2, -0.15) is 0 Å². The van der Waals surface area contributed by atoms with Gasteiger partial charge in [-0.1, -0.05) is 35.9 Å². The summed E-state index contributed by atoms with van der Waals surface area (Å²) in [6.45, 7) is 0.557. The van der Waals surface area contributed by atoms with Crippen molar-refractivity contribution in [2.45, 2.75) is 6.54 Å². The summed E-state index contributed by atoms with van der Waals surface area (Å²) in [4.78, 5) is 4.23. The summed E-state index contributed by atoms with van der Waals surface area (Å²) < 4.78 is 1.90. The normalized spacial score (nSPS) is 10.6. The van der Waals surface area contributed by atoms with Gasteiger partial charge in [0.25, 0.3) is 0 Å². The van der Waals surface area contributed by atoms with Crippen molar-refractivity contribution in [2.24, 2.45) is 12.8 Å². The second kappa shape index (κ2) is 4.04. The number of hydrogen-bond donors (Lipinski definition) is 1. The molecule has 0 radical (unpaired) electrons. The topological polar surface area (TPSA) is 43.8 Å². The summed E-state index contributed by atoms with van der Waals surface area (Å²) in [5.74, 6) is 0.864. The van der Waals surface area contributed by atoms with Crippen molar-refractivity contribution in [2.75, 3.05) is 0 Å². The van der Waals surface area contributed by atoms with Crippen molar-refractivity contribution in [1.82, 2.24) is 9.55 Å². The summed E-state index contributed by atoms with van der Waals surface area (Å²) in [5.41, 5.74) is 7.68. The molecule has 1 heterocycles. The number of benzene rings is 1. The predicted octanol–water partition coefficient (Wildman–Crippen LogP) is 2.20. The Morgan fingerprint density at radius 2 is 2.00 bits per heavy atom. The van der Waals surface area contributed by atoms with Crippen molar-refractivity contribution >= 4 is 11.6 Å². The number of imidazole rings is 1. The van der Waals surface area contributed by atoms with E-state index < -0.39 is 0 Å². The number of nitrogens with zero attached hydrogens (tertiary/aromatic N) is 2. The van der Waals surface area contributed by atoms with Gasteiger partial charge in [0.2, 0.25) is 0 Å². The Kier molecular flexibility index (Phi) is 2.75. The highest BCUT2D eigenvalue weighted by atomic mass is 35.5.